The number of aliphatic hydroxyl groups is 1. The molecule has 0 saturated carbocycles. The minimum atomic E-state index is 0.430. The molecule has 36 heavy (non-hydrogen) atoms. The Morgan fingerprint density at radius 3 is 2.44 bits per heavy atom. The number of fused-ring (bicyclic) bond motifs is 2. The Kier molecular flexibility index (Phi) is 12.1. The van der Waals surface area contributed by atoms with Crippen molar-refractivity contribution in [1.82, 2.24) is 0 Å². The van der Waals surface area contributed by atoms with Crippen molar-refractivity contribution in [1.29, 1.82) is 0 Å². The van der Waals surface area contributed by atoms with Gasteiger partial charge in [-0.05, 0) is 84.1 Å². The number of rotatable bonds is 5. The zero-order valence-electron chi connectivity index (χ0n) is 23.0. The average Bonchev–Trinajstić information content (AvgIpc) is 3.10. The highest BCUT2D eigenvalue weighted by Gasteiger charge is 2.20. The quantitative estimate of drug-likeness (QED) is 0.322. The van der Waals surface area contributed by atoms with Gasteiger partial charge in [0.2, 0.25) is 0 Å². The van der Waals surface area contributed by atoms with Gasteiger partial charge in [-0.15, -0.1) is 0 Å². The number of aliphatic hydroxyl groups excluding tert-OH is 1. The van der Waals surface area contributed by atoms with Crippen LogP contribution in [0.5, 0.6) is 0 Å². The van der Waals surface area contributed by atoms with E-state index in [-0.39, 0.29) is 0 Å². The van der Waals surface area contributed by atoms with Gasteiger partial charge in [0.05, 0.1) is 5.76 Å². The third kappa shape index (κ3) is 8.16. The van der Waals surface area contributed by atoms with E-state index in [4.69, 9.17) is 5.11 Å². The molecule has 1 atom stereocenters. The standard InChI is InChI=1S/C24H23N.C7H14O.C3H8/c1-17(20-11-5-3-9-19-10-4-6-12-22(19)20)18(2)21-15-16-25-24-14-8-7-13-23(21)24;1-4-6(2)5-7(3)8;1-3-2/h5-9,11-15,25H,1-4,10,16H2;5-6,8H,4H2,1-3H3;3H2,1-2H3/b;7-5+;. The fourth-order valence-corrected chi connectivity index (χ4v) is 4.29. The lowest BCUT2D eigenvalue weighted by Crippen LogP contribution is -2.10. The third-order valence-corrected chi connectivity index (χ3v) is 6.29. The first-order valence-electron chi connectivity index (χ1n) is 13.4. The van der Waals surface area contributed by atoms with Crippen molar-refractivity contribution in [2.75, 3.05) is 11.9 Å². The van der Waals surface area contributed by atoms with Gasteiger partial charge in [0.1, 0.15) is 0 Å². The van der Waals surface area contributed by atoms with Crippen LogP contribution in [0.3, 0.4) is 0 Å². The average molecular weight is 484 g/mol. The lowest BCUT2D eigenvalue weighted by atomic mass is 9.83. The van der Waals surface area contributed by atoms with Gasteiger partial charge in [-0.25, -0.2) is 0 Å². The normalized spacial score (nSPS) is 16.9. The number of benzene rings is 1. The maximum atomic E-state index is 8.72. The molecular weight excluding hydrogens is 438 g/mol. The molecule has 1 aromatic carbocycles. The van der Waals surface area contributed by atoms with E-state index >= 15 is 0 Å². The van der Waals surface area contributed by atoms with Crippen molar-refractivity contribution in [2.24, 2.45) is 5.92 Å². The molecule has 192 valence electrons. The fourth-order valence-electron chi connectivity index (χ4n) is 4.29. The molecule has 3 aliphatic rings. The number of hydrogen-bond acceptors (Lipinski definition) is 2. The number of nitrogens with one attached hydrogen (secondary N) is 1. The summed E-state index contributed by atoms with van der Waals surface area (Å²) in [5, 5.41) is 12.1. The van der Waals surface area contributed by atoms with Gasteiger partial charge in [-0.1, -0.05) is 102 Å². The summed E-state index contributed by atoms with van der Waals surface area (Å²) in [6.45, 7) is 19.8. The fraction of sp³-hybridized carbons (Fsp3) is 0.353. The molecule has 1 aromatic rings. The van der Waals surface area contributed by atoms with Crippen LogP contribution in [0.4, 0.5) is 5.69 Å². The third-order valence-electron chi connectivity index (χ3n) is 6.29. The van der Waals surface area contributed by atoms with Gasteiger partial charge >= 0.3 is 0 Å². The zero-order valence-corrected chi connectivity index (χ0v) is 23.0. The second kappa shape index (κ2) is 15.0. The summed E-state index contributed by atoms with van der Waals surface area (Å²) in [6, 6.07) is 8.41. The predicted molar refractivity (Wildman–Crippen MR) is 160 cm³/mol. The lowest BCUT2D eigenvalue weighted by molar-refractivity contribution is 0.405. The van der Waals surface area contributed by atoms with Crippen LogP contribution in [-0.4, -0.2) is 11.7 Å². The van der Waals surface area contributed by atoms with Gasteiger partial charge in [-0.3, -0.25) is 0 Å². The van der Waals surface area contributed by atoms with E-state index in [9.17, 15) is 0 Å². The summed E-state index contributed by atoms with van der Waals surface area (Å²) in [7, 11) is 0. The molecule has 0 aromatic heterocycles. The van der Waals surface area contributed by atoms with Crippen LogP contribution in [0.15, 0.2) is 114 Å². The summed E-state index contributed by atoms with van der Waals surface area (Å²) in [5.41, 5.74) is 9.57. The summed E-state index contributed by atoms with van der Waals surface area (Å²) in [4.78, 5) is 0. The van der Waals surface area contributed by atoms with Crippen LogP contribution in [0.25, 0.3) is 5.57 Å². The molecule has 0 saturated heterocycles. The largest absolute Gasteiger partial charge is 0.513 e. The number of hydrogen-bond donors (Lipinski definition) is 2. The topological polar surface area (TPSA) is 32.3 Å². The Labute approximate surface area is 219 Å². The van der Waals surface area contributed by atoms with Gasteiger partial charge < -0.3 is 10.4 Å². The van der Waals surface area contributed by atoms with Gasteiger partial charge in [-0.2, -0.15) is 0 Å². The monoisotopic (exact) mass is 483 g/mol. The van der Waals surface area contributed by atoms with Crippen molar-refractivity contribution in [3.63, 3.8) is 0 Å². The van der Waals surface area contributed by atoms with E-state index in [1.807, 2.05) is 6.08 Å². The van der Waals surface area contributed by atoms with Crippen molar-refractivity contribution in [3.05, 3.63) is 119 Å². The molecule has 2 nitrogen and oxygen atoms in total. The zero-order chi connectivity index (χ0) is 26.5. The van der Waals surface area contributed by atoms with Crippen LogP contribution in [0, 0.1) is 5.92 Å². The Bertz CT molecular complexity index is 1100. The Morgan fingerprint density at radius 1 is 1.06 bits per heavy atom. The van der Waals surface area contributed by atoms with Gasteiger partial charge in [0.15, 0.2) is 0 Å². The second-order valence-corrected chi connectivity index (χ2v) is 9.54. The van der Waals surface area contributed by atoms with Gasteiger partial charge in [0, 0.05) is 17.8 Å². The van der Waals surface area contributed by atoms with Crippen LogP contribution in [0.2, 0.25) is 0 Å². The highest BCUT2D eigenvalue weighted by Crippen LogP contribution is 2.39. The summed E-state index contributed by atoms with van der Waals surface area (Å²) in [6.07, 6.45) is 21.0. The molecular formula is C34H45NO. The Hall–Kier alpha value is -3.26. The van der Waals surface area contributed by atoms with Crippen LogP contribution in [-0.2, 0) is 0 Å². The molecule has 4 rings (SSSR count). The Balaban J connectivity index is 0.000000352. The van der Waals surface area contributed by atoms with E-state index in [1.165, 1.54) is 40.0 Å². The maximum Gasteiger partial charge on any atom is 0.0854 e. The van der Waals surface area contributed by atoms with E-state index in [1.54, 1.807) is 6.92 Å². The smallest absolute Gasteiger partial charge is 0.0854 e. The molecule has 2 N–H and O–H groups in total. The SMILES string of the molecule is C=C(C(=C)C1=C2C=CCCC2=CCC=C1)C1=CCNc2ccccc21.CCC.CCC(C)/C=C(\C)O. The minimum absolute atomic E-state index is 0.430. The van der Waals surface area contributed by atoms with Crippen LogP contribution in [0.1, 0.15) is 72.3 Å². The van der Waals surface area contributed by atoms with Crippen molar-refractivity contribution in [3.8, 4) is 0 Å². The van der Waals surface area contributed by atoms with E-state index in [0.29, 0.717) is 11.7 Å². The first-order chi connectivity index (χ1) is 17.3. The molecule has 0 spiro atoms. The van der Waals surface area contributed by atoms with Crippen molar-refractivity contribution >= 4 is 11.3 Å². The highest BCUT2D eigenvalue weighted by atomic mass is 16.3. The van der Waals surface area contributed by atoms with Crippen LogP contribution < -0.4 is 5.32 Å². The van der Waals surface area contributed by atoms with Gasteiger partial charge in [0.25, 0.3) is 0 Å². The summed E-state index contributed by atoms with van der Waals surface area (Å²) >= 11 is 0. The molecule has 2 heteroatoms. The molecule has 1 heterocycles. The molecule has 0 amide bonds. The summed E-state index contributed by atoms with van der Waals surface area (Å²) < 4.78 is 0. The minimum Gasteiger partial charge on any atom is -0.513 e. The lowest BCUT2D eigenvalue weighted by Gasteiger charge is -2.24. The molecule has 0 fully saturated rings. The van der Waals surface area contributed by atoms with E-state index in [0.717, 1.165) is 43.4 Å². The molecule has 0 bridgehead atoms. The van der Waals surface area contributed by atoms with E-state index in [2.05, 4.69) is 107 Å². The Morgan fingerprint density at radius 2 is 1.78 bits per heavy atom. The van der Waals surface area contributed by atoms with E-state index < -0.39 is 0 Å². The molecule has 0 radical (unpaired) electrons. The predicted octanol–water partition coefficient (Wildman–Crippen LogP) is 10.1. The number of para-hydroxylation sites is 1. The molecule has 1 unspecified atom stereocenters. The number of anilines is 1. The maximum absolute atomic E-state index is 8.72. The highest BCUT2D eigenvalue weighted by molar-refractivity contribution is 5.92. The molecule has 1 aliphatic heterocycles. The first kappa shape index (κ1) is 29.0. The second-order valence-electron chi connectivity index (χ2n) is 9.54. The first-order valence-corrected chi connectivity index (χ1v) is 13.4. The van der Waals surface area contributed by atoms with Crippen molar-refractivity contribution < 1.29 is 5.11 Å². The number of allylic oxidation sites excluding steroid dienone is 13. The summed E-state index contributed by atoms with van der Waals surface area (Å²) in [5.74, 6) is 0.944. The van der Waals surface area contributed by atoms with Crippen molar-refractivity contribution in [2.45, 2.75) is 66.7 Å². The van der Waals surface area contributed by atoms with Crippen LogP contribution >= 0.6 is 0 Å². The molecule has 2 aliphatic carbocycles.